The summed E-state index contributed by atoms with van der Waals surface area (Å²) in [4.78, 5) is 41.9. The molecule has 1 spiro atoms. The van der Waals surface area contributed by atoms with Gasteiger partial charge in [0.2, 0.25) is 17.7 Å². The lowest BCUT2D eigenvalue weighted by Crippen LogP contribution is -2.53. The van der Waals surface area contributed by atoms with Crippen LogP contribution in [0.2, 0.25) is 0 Å². The van der Waals surface area contributed by atoms with Gasteiger partial charge in [0.15, 0.2) is 0 Å². The fourth-order valence-corrected chi connectivity index (χ4v) is 5.48. The van der Waals surface area contributed by atoms with Gasteiger partial charge < -0.3 is 10.1 Å². The minimum Gasteiger partial charge on any atom is -0.496 e. The van der Waals surface area contributed by atoms with Crippen molar-refractivity contribution < 1.29 is 19.1 Å². The number of carbonyl (C=O) groups excluding carboxylic acids is 3. The molecule has 0 saturated carbocycles. The molecule has 2 fully saturated rings. The minimum absolute atomic E-state index is 0.0652. The molecule has 2 aromatic carbocycles. The highest BCUT2D eigenvalue weighted by Crippen LogP contribution is 2.54. The van der Waals surface area contributed by atoms with E-state index in [-0.39, 0.29) is 36.2 Å². The molecule has 0 radical (unpaired) electrons. The van der Waals surface area contributed by atoms with E-state index in [1.54, 1.807) is 7.11 Å². The molecular weight excluding hydrogens is 394 g/mol. The molecule has 0 bridgehead atoms. The summed E-state index contributed by atoms with van der Waals surface area (Å²) in [5.41, 5.74) is 0.939. The van der Waals surface area contributed by atoms with E-state index in [2.05, 4.69) is 10.6 Å². The monoisotopic (exact) mass is 419 g/mol. The van der Waals surface area contributed by atoms with Crippen LogP contribution in [-0.4, -0.2) is 35.8 Å². The Balaban J connectivity index is 1.60. The number of ether oxygens (including phenoxy) is 1. The van der Waals surface area contributed by atoms with Crippen LogP contribution >= 0.6 is 0 Å². The van der Waals surface area contributed by atoms with Gasteiger partial charge in [-0.2, -0.15) is 0 Å². The number of fused-ring (bicyclic) bond motifs is 4. The number of likely N-dealkylation sites (tertiary alicyclic amines) is 1. The molecule has 4 atom stereocenters. The molecule has 3 aliphatic heterocycles. The molecule has 31 heavy (non-hydrogen) atoms. The molecule has 0 aliphatic carbocycles. The zero-order valence-corrected chi connectivity index (χ0v) is 17.7. The molecule has 160 valence electrons. The number of benzene rings is 2. The molecule has 5 rings (SSSR count). The Kier molecular flexibility index (Phi) is 4.41. The maximum atomic E-state index is 13.7. The molecule has 7 nitrogen and oxygen atoms in total. The van der Waals surface area contributed by atoms with E-state index in [1.165, 1.54) is 4.90 Å². The minimum atomic E-state index is -1.24. The largest absolute Gasteiger partial charge is 0.496 e. The van der Waals surface area contributed by atoms with E-state index in [9.17, 15) is 14.4 Å². The van der Waals surface area contributed by atoms with E-state index in [0.717, 1.165) is 11.1 Å². The van der Waals surface area contributed by atoms with Gasteiger partial charge in [-0.3, -0.25) is 24.6 Å². The first-order valence-corrected chi connectivity index (χ1v) is 10.6. The summed E-state index contributed by atoms with van der Waals surface area (Å²) in [5, 5.41) is 6.35. The second-order valence-electron chi connectivity index (χ2n) is 8.80. The molecule has 2 unspecified atom stereocenters. The maximum absolute atomic E-state index is 13.7. The third-order valence-corrected chi connectivity index (χ3v) is 6.89. The van der Waals surface area contributed by atoms with Crippen LogP contribution in [-0.2, 0) is 26.5 Å². The van der Waals surface area contributed by atoms with Crippen molar-refractivity contribution in [3.63, 3.8) is 0 Å². The molecule has 0 aromatic heterocycles. The first kappa shape index (κ1) is 19.8. The number of anilines is 1. The van der Waals surface area contributed by atoms with E-state index in [1.807, 2.05) is 62.4 Å². The smallest absolute Gasteiger partial charge is 0.250 e. The number of imide groups is 1. The number of para-hydroxylation sites is 2. The number of rotatable bonds is 4. The van der Waals surface area contributed by atoms with Gasteiger partial charge in [-0.25, -0.2) is 0 Å². The van der Waals surface area contributed by atoms with Crippen LogP contribution in [0.4, 0.5) is 5.69 Å². The van der Waals surface area contributed by atoms with Crippen molar-refractivity contribution in [2.45, 2.75) is 32.0 Å². The van der Waals surface area contributed by atoms with Crippen LogP contribution in [0.5, 0.6) is 5.75 Å². The van der Waals surface area contributed by atoms with E-state index >= 15 is 0 Å². The zero-order chi connectivity index (χ0) is 21.9. The van der Waals surface area contributed by atoms with E-state index in [4.69, 9.17) is 4.74 Å². The van der Waals surface area contributed by atoms with Crippen LogP contribution in [0, 0.1) is 17.8 Å². The van der Waals surface area contributed by atoms with Crippen LogP contribution in [0.25, 0.3) is 0 Å². The average molecular weight is 419 g/mol. The first-order valence-electron chi connectivity index (χ1n) is 10.6. The first-order chi connectivity index (χ1) is 14.9. The molecular formula is C24H25N3O4. The topological polar surface area (TPSA) is 87.7 Å². The third-order valence-electron chi connectivity index (χ3n) is 6.89. The Hall–Kier alpha value is -3.19. The van der Waals surface area contributed by atoms with Crippen LogP contribution in [0.15, 0.2) is 48.5 Å². The van der Waals surface area contributed by atoms with Crippen LogP contribution in [0.1, 0.15) is 25.0 Å². The summed E-state index contributed by atoms with van der Waals surface area (Å²) in [6, 6.07) is 14.5. The Morgan fingerprint density at radius 2 is 1.74 bits per heavy atom. The van der Waals surface area contributed by atoms with Gasteiger partial charge in [-0.1, -0.05) is 50.2 Å². The van der Waals surface area contributed by atoms with Gasteiger partial charge in [-0.15, -0.1) is 0 Å². The van der Waals surface area contributed by atoms with Crippen molar-refractivity contribution in [2.24, 2.45) is 17.8 Å². The van der Waals surface area contributed by atoms with Crippen LogP contribution < -0.4 is 15.4 Å². The fraction of sp³-hybridized carbons (Fsp3) is 0.375. The Morgan fingerprint density at radius 3 is 2.48 bits per heavy atom. The summed E-state index contributed by atoms with van der Waals surface area (Å²) in [5.74, 6) is -1.52. The summed E-state index contributed by atoms with van der Waals surface area (Å²) >= 11 is 0. The lowest BCUT2D eigenvalue weighted by Gasteiger charge is -2.30. The van der Waals surface area contributed by atoms with Crippen LogP contribution in [0.3, 0.4) is 0 Å². The van der Waals surface area contributed by atoms with Crippen molar-refractivity contribution in [2.75, 3.05) is 12.4 Å². The third kappa shape index (κ3) is 2.59. The number of amides is 3. The van der Waals surface area contributed by atoms with E-state index < -0.39 is 17.4 Å². The molecule has 2 saturated heterocycles. The predicted molar refractivity (Wildman–Crippen MR) is 114 cm³/mol. The molecule has 2 N–H and O–H groups in total. The number of hydrogen-bond donors (Lipinski definition) is 2. The lowest BCUT2D eigenvalue weighted by molar-refractivity contribution is -0.143. The summed E-state index contributed by atoms with van der Waals surface area (Å²) in [6.07, 6.45) is 0. The number of nitrogens with one attached hydrogen (secondary N) is 2. The number of nitrogens with zero attached hydrogens (tertiary/aromatic N) is 1. The Bertz CT molecular complexity index is 1100. The highest BCUT2D eigenvalue weighted by molar-refractivity contribution is 6.15. The van der Waals surface area contributed by atoms with Crippen molar-refractivity contribution in [3.8, 4) is 5.75 Å². The zero-order valence-electron chi connectivity index (χ0n) is 17.7. The molecule has 3 heterocycles. The van der Waals surface area contributed by atoms with Gasteiger partial charge in [0, 0.05) is 22.9 Å². The Morgan fingerprint density at radius 1 is 1.03 bits per heavy atom. The van der Waals surface area contributed by atoms with Crippen molar-refractivity contribution in [3.05, 3.63) is 59.7 Å². The summed E-state index contributed by atoms with van der Waals surface area (Å²) in [6.45, 7) is 4.14. The normalized spacial score (nSPS) is 29.0. The fourth-order valence-electron chi connectivity index (χ4n) is 5.48. The second-order valence-corrected chi connectivity index (χ2v) is 8.80. The average Bonchev–Trinajstić information content (AvgIpc) is 3.35. The number of hydrogen-bond acceptors (Lipinski definition) is 5. The number of methoxy groups -OCH3 is 1. The Labute approximate surface area is 180 Å². The molecule has 3 aliphatic rings. The van der Waals surface area contributed by atoms with Crippen molar-refractivity contribution in [1.82, 2.24) is 10.2 Å². The highest BCUT2D eigenvalue weighted by atomic mass is 16.5. The van der Waals surface area contributed by atoms with E-state index in [0.29, 0.717) is 11.4 Å². The van der Waals surface area contributed by atoms with Gasteiger partial charge in [-0.05, 0) is 18.1 Å². The van der Waals surface area contributed by atoms with Gasteiger partial charge in [0.05, 0.1) is 25.5 Å². The van der Waals surface area contributed by atoms with Crippen molar-refractivity contribution in [1.29, 1.82) is 0 Å². The standard InChI is InChI=1S/C24H25N3O4/c1-13(2)20-18-19(24(26-20)15-9-5-6-10-16(15)25-23(24)30)22(29)27(21(18)28)12-14-8-4-7-11-17(14)31-3/h4-11,13,18-20,26H,12H2,1-3H3,(H,25,30)/t18-,19-,20?,24?/m0/s1. The van der Waals surface area contributed by atoms with Gasteiger partial charge >= 0.3 is 0 Å². The quantitative estimate of drug-likeness (QED) is 0.743. The van der Waals surface area contributed by atoms with Gasteiger partial charge in [0.25, 0.3) is 0 Å². The van der Waals surface area contributed by atoms with Gasteiger partial charge in [0.1, 0.15) is 11.3 Å². The predicted octanol–water partition coefficient (Wildman–Crippen LogP) is 2.27. The molecule has 2 aromatic rings. The number of carbonyl (C=O) groups is 3. The molecule has 7 heteroatoms. The molecule has 3 amide bonds. The lowest BCUT2D eigenvalue weighted by atomic mass is 9.76. The maximum Gasteiger partial charge on any atom is 0.250 e. The summed E-state index contributed by atoms with van der Waals surface area (Å²) < 4.78 is 5.41. The highest BCUT2D eigenvalue weighted by Gasteiger charge is 2.70. The second kappa shape index (κ2) is 6.92. The SMILES string of the molecule is COc1ccccc1CN1C(=O)[C@@H]2C(C(C)C)NC3(C(=O)Nc4ccccc43)[C@@H]2C1=O. The van der Waals surface area contributed by atoms with Crippen molar-refractivity contribution >= 4 is 23.4 Å². The summed E-state index contributed by atoms with van der Waals surface area (Å²) in [7, 11) is 1.56.